The van der Waals surface area contributed by atoms with E-state index in [1.807, 2.05) is 22.8 Å². The van der Waals surface area contributed by atoms with Crippen LogP contribution in [0.4, 0.5) is 5.82 Å². The van der Waals surface area contributed by atoms with E-state index in [9.17, 15) is 0 Å². The third-order valence-corrected chi connectivity index (χ3v) is 4.62. The molecule has 0 spiro atoms. The zero-order valence-electron chi connectivity index (χ0n) is 13.9. The van der Waals surface area contributed by atoms with E-state index < -0.39 is 0 Å². The minimum atomic E-state index is 0.434. The number of imidazole rings is 1. The molecule has 6 nitrogen and oxygen atoms in total. The monoisotopic (exact) mass is 343 g/mol. The van der Waals surface area contributed by atoms with Gasteiger partial charge >= 0.3 is 0 Å². The van der Waals surface area contributed by atoms with Crippen molar-refractivity contribution in [3.05, 3.63) is 36.2 Å². The van der Waals surface area contributed by atoms with Crippen molar-refractivity contribution in [3.8, 4) is 5.75 Å². The Balaban J connectivity index is 1.90. The molecule has 0 fully saturated rings. The molecular formula is C17H21N5OS. The first-order valence-electron chi connectivity index (χ1n) is 7.95. The maximum atomic E-state index is 6.05. The van der Waals surface area contributed by atoms with Crippen molar-refractivity contribution >= 4 is 28.7 Å². The van der Waals surface area contributed by atoms with Crippen LogP contribution in [0.15, 0.2) is 35.7 Å². The van der Waals surface area contributed by atoms with Crippen molar-refractivity contribution in [3.63, 3.8) is 0 Å². The fourth-order valence-electron chi connectivity index (χ4n) is 2.40. The zero-order chi connectivity index (χ0) is 16.9. The summed E-state index contributed by atoms with van der Waals surface area (Å²) < 4.78 is 7.27. The molecule has 0 bridgehead atoms. The number of hydrogen-bond donors (Lipinski definition) is 1. The number of unbranched alkanes of at least 4 members (excludes halogenated alkanes) is 1. The topological polar surface area (TPSA) is 78.8 Å². The van der Waals surface area contributed by atoms with Gasteiger partial charge in [-0.05, 0) is 24.1 Å². The third kappa shape index (κ3) is 3.62. The van der Waals surface area contributed by atoms with Crippen LogP contribution in [0.25, 0.3) is 11.2 Å². The molecule has 2 aromatic heterocycles. The van der Waals surface area contributed by atoms with E-state index in [2.05, 4.69) is 27.9 Å². The van der Waals surface area contributed by atoms with Crippen LogP contribution in [0.2, 0.25) is 0 Å². The van der Waals surface area contributed by atoms with Crippen molar-refractivity contribution in [1.29, 1.82) is 0 Å². The number of rotatable bonds is 7. The average molecular weight is 343 g/mol. The van der Waals surface area contributed by atoms with Gasteiger partial charge in [-0.3, -0.25) is 0 Å². The Kier molecular flexibility index (Phi) is 5.20. The number of fused-ring (bicyclic) bond motifs is 1. The Bertz CT molecular complexity index is 833. The lowest BCUT2D eigenvalue weighted by Gasteiger charge is -2.07. The third-order valence-electron chi connectivity index (χ3n) is 3.69. The largest absolute Gasteiger partial charge is 0.497 e. The van der Waals surface area contributed by atoms with Gasteiger partial charge in [0.05, 0.1) is 20.0 Å². The second-order valence-electron chi connectivity index (χ2n) is 5.49. The quantitative estimate of drug-likeness (QED) is 0.403. The molecule has 3 rings (SSSR count). The summed E-state index contributed by atoms with van der Waals surface area (Å²) in [5.41, 5.74) is 8.59. The number of hydrogen-bond acceptors (Lipinski definition) is 6. The molecule has 1 aromatic carbocycles. The number of thioether (sulfide) groups is 1. The molecule has 24 heavy (non-hydrogen) atoms. The number of aromatic nitrogens is 4. The molecule has 0 unspecified atom stereocenters. The van der Waals surface area contributed by atoms with E-state index in [0.29, 0.717) is 23.0 Å². The van der Waals surface area contributed by atoms with Crippen LogP contribution in [0.1, 0.15) is 25.3 Å². The molecule has 126 valence electrons. The van der Waals surface area contributed by atoms with Gasteiger partial charge in [0.25, 0.3) is 0 Å². The highest BCUT2D eigenvalue weighted by atomic mass is 32.2. The van der Waals surface area contributed by atoms with Crippen LogP contribution < -0.4 is 10.5 Å². The van der Waals surface area contributed by atoms with Gasteiger partial charge in [-0.25, -0.2) is 15.0 Å². The molecule has 0 radical (unpaired) electrons. The summed E-state index contributed by atoms with van der Waals surface area (Å²) in [7, 11) is 1.67. The van der Waals surface area contributed by atoms with Crippen LogP contribution in [0.5, 0.6) is 5.75 Å². The van der Waals surface area contributed by atoms with Crippen LogP contribution >= 0.6 is 11.8 Å². The summed E-state index contributed by atoms with van der Waals surface area (Å²) >= 11 is 1.64. The number of anilines is 1. The molecule has 2 heterocycles. The second kappa shape index (κ2) is 7.53. The Morgan fingerprint density at radius 1 is 1.29 bits per heavy atom. The summed E-state index contributed by atoms with van der Waals surface area (Å²) in [6, 6.07) is 7.96. The van der Waals surface area contributed by atoms with Crippen LogP contribution in [-0.2, 0) is 6.54 Å². The second-order valence-corrected chi connectivity index (χ2v) is 6.55. The minimum Gasteiger partial charge on any atom is -0.497 e. The highest BCUT2D eigenvalue weighted by Gasteiger charge is 2.12. The fourth-order valence-corrected chi connectivity index (χ4v) is 3.33. The van der Waals surface area contributed by atoms with Gasteiger partial charge in [-0.2, -0.15) is 0 Å². The molecule has 0 atom stereocenters. The molecule has 0 saturated carbocycles. The van der Waals surface area contributed by atoms with Crippen molar-refractivity contribution in [2.45, 2.75) is 31.5 Å². The van der Waals surface area contributed by atoms with Gasteiger partial charge in [0, 0.05) is 5.75 Å². The van der Waals surface area contributed by atoms with Gasteiger partial charge in [-0.1, -0.05) is 37.2 Å². The van der Waals surface area contributed by atoms with E-state index in [0.717, 1.165) is 35.6 Å². The van der Waals surface area contributed by atoms with Crippen molar-refractivity contribution < 1.29 is 4.74 Å². The van der Waals surface area contributed by atoms with Crippen molar-refractivity contribution in [1.82, 2.24) is 19.5 Å². The van der Waals surface area contributed by atoms with Gasteiger partial charge < -0.3 is 15.0 Å². The van der Waals surface area contributed by atoms with Crippen LogP contribution in [-0.4, -0.2) is 32.4 Å². The SMILES string of the molecule is CCCCSc1nc(N)c2ncn(Cc3cccc(OC)c3)c2n1. The summed E-state index contributed by atoms with van der Waals surface area (Å²) in [6.45, 7) is 2.82. The summed E-state index contributed by atoms with van der Waals surface area (Å²) in [5.74, 6) is 2.26. The molecule has 2 N–H and O–H groups in total. The van der Waals surface area contributed by atoms with Crippen molar-refractivity contribution in [2.75, 3.05) is 18.6 Å². The van der Waals surface area contributed by atoms with Gasteiger partial charge in [-0.15, -0.1) is 0 Å². The van der Waals surface area contributed by atoms with E-state index >= 15 is 0 Å². The lowest BCUT2D eigenvalue weighted by molar-refractivity contribution is 0.414. The first-order valence-corrected chi connectivity index (χ1v) is 8.94. The number of nitrogens with two attached hydrogens (primary N) is 1. The maximum absolute atomic E-state index is 6.05. The molecule has 0 aliphatic rings. The molecule has 0 aliphatic heterocycles. The predicted molar refractivity (Wildman–Crippen MR) is 97.5 cm³/mol. The van der Waals surface area contributed by atoms with Crippen LogP contribution in [0.3, 0.4) is 0 Å². The Hall–Kier alpha value is -2.28. The van der Waals surface area contributed by atoms with E-state index in [-0.39, 0.29) is 0 Å². The van der Waals surface area contributed by atoms with Gasteiger partial charge in [0.15, 0.2) is 16.6 Å². The number of methoxy groups -OCH3 is 1. The van der Waals surface area contributed by atoms with Gasteiger partial charge in [0.1, 0.15) is 11.3 Å². The highest BCUT2D eigenvalue weighted by Crippen LogP contribution is 2.23. The first-order chi connectivity index (χ1) is 11.7. The summed E-state index contributed by atoms with van der Waals surface area (Å²) in [5, 5.41) is 0.709. The molecule has 0 aliphatic carbocycles. The Morgan fingerprint density at radius 2 is 2.17 bits per heavy atom. The Labute approximate surface area is 145 Å². The highest BCUT2D eigenvalue weighted by molar-refractivity contribution is 7.99. The molecule has 0 amide bonds. The first kappa shape index (κ1) is 16.6. The average Bonchev–Trinajstić information content (AvgIpc) is 2.99. The zero-order valence-corrected chi connectivity index (χ0v) is 14.7. The molecule has 7 heteroatoms. The number of benzene rings is 1. The Morgan fingerprint density at radius 3 is 2.96 bits per heavy atom. The summed E-state index contributed by atoms with van der Waals surface area (Å²) in [4.78, 5) is 13.4. The van der Waals surface area contributed by atoms with Crippen molar-refractivity contribution in [2.24, 2.45) is 0 Å². The van der Waals surface area contributed by atoms with Gasteiger partial charge in [0.2, 0.25) is 0 Å². The standard InChI is InChI=1S/C17H21N5OS/c1-3-4-8-24-17-20-15(18)14-16(21-17)22(11-19-14)10-12-6-5-7-13(9-12)23-2/h5-7,9,11H,3-4,8,10H2,1-2H3,(H2,18,20,21). The smallest absolute Gasteiger partial charge is 0.191 e. The minimum absolute atomic E-state index is 0.434. The van der Waals surface area contributed by atoms with E-state index in [1.54, 1.807) is 25.2 Å². The van der Waals surface area contributed by atoms with E-state index in [4.69, 9.17) is 10.5 Å². The normalized spacial score (nSPS) is 11.1. The predicted octanol–water partition coefficient (Wildman–Crippen LogP) is 3.36. The summed E-state index contributed by atoms with van der Waals surface area (Å²) in [6.07, 6.45) is 4.04. The number of nitrogen functional groups attached to an aromatic ring is 1. The maximum Gasteiger partial charge on any atom is 0.191 e. The molecular weight excluding hydrogens is 322 g/mol. The lowest BCUT2D eigenvalue weighted by atomic mass is 10.2. The molecule has 0 saturated heterocycles. The number of ether oxygens (including phenoxy) is 1. The lowest BCUT2D eigenvalue weighted by Crippen LogP contribution is -2.03. The van der Waals surface area contributed by atoms with E-state index in [1.165, 1.54) is 0 Å². The number of nitrogens with zero attached hydrogens (tertiary/aromatic N) is 4. The van der Waals surface area contributed by atoms with Crippen LogP contribution in [0, 0.1) is 0 Å². The fraction of sp³-hybridized carbons (Fsp3) is 0.353. The molecule has 3 aromatic rings.